The van der Waals surface area contributed by atoms with Crippen molar-refractivity contribution in [1.82, 2.24) is 4.90 Å². The fourth-order valence-electron chi connectivity index (χ4n) is 2.93. The number of likely N-dealkylation sites (tertiary alicyclic amines) is 1. The van der Waals surface area contributed by atoms with E-state index in [2.05, 4.69) is 26.9 Å². The Balaban J connectivity index is 1.54. The maximum absolute atomic E-state index is 10.1. The van der Waals surface area contributed by atoms with E-state index in [1.807, 2.05) is 42.5 Å². The van der Waals surface area contributed by atoms with Gasteiger partial charge in [-0.05, 0) is 55.3 Å². The molecular formula is C19H22BrNO2. The van der Waals surface area contributed by atoms with Gasteiger partial charge in [0.1, 0.15) is 18.5 Å². The SMILES string of the molecule is OC(COc1ccc(-c2ccccc2Br)cc1)CN1CCCC1. The van der Waals surface area contributed by atoms with E-state index in [4.69, 9.17) is 4.74 Å². The molecule has 3 nitrogen and oxygen atoms in total. The van der Waals surface area contributed by atoms with Crippen LogP contribution in [0.4, 0.5) is 0 Å². The third-order valence-corrected chi connectivity index (χ3v) is 4.84. The molecule has 0 radical (unpaired) electrons. The summed E-state index contributed by atoms with van der Waals surface area (Å²) in [7, 11) is 0. The van der Waals surface area contributed by atoms with E-state index in [0.717, 1.165) is 34.4 Å². The van der Waals surface area contributed by atoms with Gasteiger partial charge >= 0.3 is 0 Å². The van der Waals surface area contributed by atoms with Crippen LogP contribution >= 0.6 is 15.9 Å². The molecule has 0 aliphatic carbocycles. The predicted octanol–water partition coefficient (Wildman–Crippen LogP) is 3.95. The highest BCUT2D eigenvalue weighted by molar-refractivity contribution is 9.10. The van der Waals surface area contributed by atoms with Crippen LogP contribution in [-0.4, -0.2) is 42.4 Å². The highest BCUT2D eigenvalue weighted by Gasteiger charge is 2.16. The van der Waals surface area contributed by atoms with Crippen molar-refractivity contribution in [2.45, 2.75) is 18.9 Å². The maximum Gasteiger partial charge on any atom is 0.119 e. The summed E-state index contributed by atoms with van der Waals surface area (Å²) in [6, 6.07) is 16.2. The van der Waals surface area contributed by atoms with Gasteiger partial charge in [0, 0.05) is 11.0 Å². The molecule has 1 heterocycles. The van der Waals surface area contributed by atoms with E-state index in [9.17, 15) is 5.11 Å². The van der Waals surface area contributed by atoms with Gasteiger partial charge in [-0.15, -0.1) is 0 Å². The number of halogens is 1. The van der Waals surface area contributed by atoms with E-state index in [1.54, 1.807) is 0 Å². The van der Waals surface area contributed by atoms with E-state index in [0.29, 0.717) is 13.2 Å². The zero-order valence-corrected chi connectivity index (χ0v) is 14.7. The molecule has 4 heteroatoms. The Kier molecular flexibility index (Phi) is 5.70. The van der Waals surface area contributed by atoms with Gasteiger partial charge in [0.25, 0.3) is 0 Å². The summed E-state index contributed by atoms with van der Waals surface area (Å²) in [5, 5.41) is 10.1. The molecule has 1 atom stereocenters. The fourth-order valence-corrected chi connectivity index (χ4v) is 3.45. The minimum Gasteiger partial charge on any atom is -0.491 e. The molecule has 1 saturated heterocycles. The number of benzene rings is 2. The Hall–Kier alpha value is -1.36. The third-order valence-electron chi connectivity index (χ3n) is 4.15. The number of hydrogen-bond donors (Lipinski definition) is 1. The first-order chi connectivity index (χ1) is 11.2. The van der Waals surface area contributed by atoms with Gasteiger partial charge in [0.05, 0.1) is 0 Å². The Morgan fingerprint density at radius 1 is 1.04 bits per heavy atom. The summed E-state index contributed by atoms with van der Waals surface area (Å²) in [5.41, 5.74) is 2.30. The smallest absolute Gasteiger partial charge is 0.119 e. The van der Waals surface area contributed by atoms with Gasteiger partial charge in [0.15, 0.2) is 0 Å². The number of aliphatic hydroxyl groups is 1. The number of ether oxygens (including phenoxy) is 1. The zero-order chi connectivity index (χ0) is 16.1. The van der Waals surface area contributed by atoms with E-state index in [1.165, 1.54) is 12.8 Å². The van der Waals surface area contributed by atoms with Crippen molar-refractivity contribution >= 4 is 15.9 Å². The van der Waals surface area contributed by atoms with E-state index >= 15 is 0 Å². The molecule has 0 spiro atoms. The highest BCUT2D eigenvalue weighted by Crippen LogP contribution is 2.29. The Morgan fingerprint density at radius 2 is 1.74 bits per heavy atom. The third kappa shape index (κ3) is 4.56. The molecule has 0 bridgehead atoms. The molecule has 2 aromatic rings. The maximum atomic E-state index is 10.1. The largest absolute Gasteiger partial charge is 0.491 e. The van der Waals surface area contributed by atoms with Gasteiger partial charge in [-0.3, -0.25) is 0 Å². The van der Waals surface area contributed by atoms with Gasteiger partial charge in [0.2, 0.25) is 0 Å². The number of aliphatic hydroxyl groups excluding tert-OH is 1. The zero-order valence-electron chi connectivity index (χ0n) is 13.1. The van der Waals surface area contributed by atoms with Crippen molar-refractivity contribution in [3.05, 3.63) is 53.0 Å². The molecule has 0 saturated carbocycles. The second-order valence-corrected chi connectivity index (χ2v) is 6.83. The Labute approximate surface area is 146 Å². The predicted molar refractivity (Wildman–Crippen MR) is 96.8 cm³/mol. The minimum atomic E-state index is -0.434. The average Bonchev–Trinajstić information content (AvgIpc) is 3.07. The van der Waals surface area contributed by atoms with Crippen molar-refractivity contribution in [1.29, 1.82) is 0 Å². The first-order valence-electron chi connectivity index (χ1n) is 8.10. The van der Waals surface area contributed by atoms with E-state index in [-0.39, 0.29) is 0 Å². The summed E-state index contributed by atoms with van der Waals surface area (Å²) in [6.45, 7) is 3.23. The minimum absolute atomic E-state index is 0.338. The molecule has 0 aromatic heterocycles. The first kappa shape index (κ1) is 16.5. The molecule has 0 amide bonds. The van der Waals surface area contributed by atoms with Crippen LogP contribution in [0.5, 0.6) is 5.75 Å². The van der Waals surface area contributed by atoms with Crippen LogP contribution in [0.15, 0.2) is 53.0 Å². The van der Waals surface area contributed by atoms with Crippen LogP contribution in [0.25, 0.3) is 11.1 Å². The van der Waals surface area contributed by atoms with Crippen molar-refractivity contribution < 1.29 is 9.84 Å². The quantitative estimate of drug-likeness (QED) is 0.829. The standard InChI is InChI=1S/C19H22BrNO2/c20-19-6-2-1-5-18(19)15-7-9-17(10-8-15)23-14-16(22)13-21-11-3-4-12-21/h1-2,5-10,16,22H,3-4,11-14H2. The summed E-state index contributed by atoms with van der Waals surface area (Å²) < 4.78 is 6.79. The van der Waals surface area contributed by atoms with Gasteiger partial charge in [-0.1, -0.05) is 46.3 Å². The second-order valence-electron chi connectivity index (χ2n) is 5.98. The molecule has 3 rings (SSSR count). The van der Waals surface area contributed by atoms with Crippen LogP contribution in [0, 0.1) is 0 Å². The van der Waals surface area contributed by atoms with Gasteiger partial charge in [-0.25, -0.2) is 0 Å². The highest BCUT2D eigenvalue weighted by atomic mass is 79.9. The lowest BCUT2D eigenvalue weighted by molar-refractivity contribution is 0.0758. The lowest BCUT2D eigenvalue weighted by Gasteiger charge is -2.19. The van der Waals surface area contributed by atoms with Crippen molar-refractivity contribution in [2.24, 2.45) is 0 Å². The Morgan fingerprint density at radius 3 is 2.43 bits per heavy atom. The van der Waals surface area contributed by atoms with Gasteiger partial charge < -0.3 is 14.7 Å². The van der Waals surface area contributed by atoms with Crippen LogP contribution in [0.3, 0.4) is 0 Å². The summed E-state index contributed by atoms with van der Waals surface area (Å²) in [4.78, 5) is 2.30. The molecule has 122 valence electrons. The lowest BCUT2D eigenvalue weighted by atomic mass is 10.1. The molecule has 1 fully saturated rings. The van der Waals surface area contributed by atoms with Gasteiger partial charge in [-0.2, -0.15) is 0 Å². The van der Waals surface area contributed by atoms with Crippen molar-refractivity contribution in [3.8, 4) is 16.9 Å². The number of hydrogen-bond acceptors (Lipinski definition) is 3. The first-order valence-corrected chi connectivity index (χ1v) is 8.90. The Bertz CT molecular complexity index is 624. The normalized spacial score (nSPS) is 16.4. The monoisotopic (exact) mass is 375 g/mol. The van der Waals surface area contributed by atoms with Crippen LogP contribution in [0.2, 0.25) is 0 Å². The average molecular weight is 376 g/mol. The number of β-amino-alcohol motifs (C(OH)–C–C–N with tert-alkyl or cyclic N) is 1. The summed E-state index contributed by atoms with van der Waals surface area (Å²) >= 11 is 3.57. The molecule has 1 aliphatic rings. The van der Waals surface area contributed by atoms with E-state index < -0.39 is 6.10 Å². The van der Waals surface area contributed by atoms with Crippen LogP contribution in [-0.2, 0) is 0 Å². The van der Waals surface area contributed by atoms with Crippen molar-refractivity contribution in [2.75, 3.05) is 26.2 Å². The topological polar surface area (TPSA) is 32.7 Å². The van der Waals surface area contributed by atoms with Crippen LogP contribution in [0.1, 0.15) is 12.8 Å². The molecule has 1 aliphatic heterocycles. The molecule has 23 heavy (non-hydrogen) atoms. The molecule has 2 aromatic carbocycles. The number of nitrogens with zero attached hydrogens (tertiary/aromatic N) is 1. The fraction of sp³-hybridized carbons (Fsp3) is 0.368. The lowest BCUT2D eigenvalue weighted by Crippen LogP contribution is -2.33. The summed E-state index contributed by atoms with van der Waals surface area (Å²) in [6.07, 6.45) is 2.05. The van der Waals surface area contributed by atoms with Crippen LogP contribution < -0.4 is 4.74 Å². The van der Waals surface area contributed by atoms with Crippen molar-refractivity contribution in [3.63, 3.8) is 0 Å². The molecule has 1 unspecified atom stereocenters. The summed E-state index contributed by atoms with van der Waals surface area (Å²) in [5.74, 6) is 0.793. The molecule has 1 N–H and O–H groups in total. The molecular weight excluding hydrogens is 354 g/mol. The number of rotatable bonds is 6. The second kappa shape index (κ2) is 7.95.